The number of amides is 1. The molecule has 0 atom stereocenters. The fraction of sp³-hybridized carbons (Fsp3) is 0.125. The highest BCUT2D eigenvalue weighted by molar-refractivity contribution is 6.00. The molecule has 0 aliphatic heterocycles. The monoisotopic (exact) mass is 321 g/mol. The smallest absolute Gasteiger partial charge is 0.256 e. The standard InChI is InChI=1S/C16H15N7O/c1-17-13-6-12(10-7-20-14-9(10)4-3-5-19-14)22-15-11(16(24)18-2)8-21-23(13)15/h3-8,17H,1-2H3,(H,18,24)(H,19,20). The van der Waals surface area contributed by atoms with Gasteiger partial charge >= 0.3 is 0 Å². The molecular weight excluding hydrogens is 306 g/mol. The van der Waals surface area contributed by atoms with Crippen LogP contribution in [-0.4, -0.2) is 44.6 Å². The van der Waals surface area contributed by atoms with E-state index in [1.54, 1.807) is 24.8 Å². The van der Waals surface area contributed by atoms with Crippen LogP contribution >= 0.6 is 0 Å². The fourth-order valence-corrected chi connectivity index (χ4v) is 2.74. The molecule has 4 aromatic heterocycles. The van der Waals surface area contributed by atoms with Crippen LogP contribution in [0.15, 0.2) is 36.8 Å². The summed E-state index contributed by atoms with van der Waals surface area (Å²) in [5.41, 5.74) is 3.36. The minimum Gasteiger partial charge on any atom is -0.373 e. The van der Waals surface area contributed by atoms with E-state index in [2.05, 4.69) is 30.7 Å². The molecule has 3 N–H and O–H groups in total. The first kappa shape index (κ1) is 14.2. The van der Waals surface area contributed by atoms with Crippen molar-refractivity contribution in [2.45, 2.75) is 0 Å². The number of aromatic nitrogens is 5. The number of fused-ring (bicyclic) bond motifs is 2. The Morgan fingerprint density at radius 1 is 1.33 bits per heavy atom. The van der Waals surface area contributed by atoms with E-state index < -0.39 is 0 Å². The Labute approximate surface area is 136 Å². The minimum absolute atomic E-state index is 0.225. The van der Waals surface area contributed by atoms with Crippen LogP contribution in [0.4, 0.5) is 5.82 Å². The largest absolute Gasteiger partial charge is 0.373 e. The van der Waals surface area contributed by atoms with Crippen LogP contribution in [0.3, 0.4) is 0 Å². The lowest BCUT2D eigenvalue weighted by Gasteiger charge is -2.07. The summed E-state index contributed by atoms with van der Waals surface area (Å²) in [6.45, 7) is 0. The van der Waals surface area contributed by atoms with Gasteiger partial charge in [0.15, 0.2) is 5.65 Å². The number of carbonyl (C=O) groups excluding carboxylic acids is 1. The average Bonchev–Trinajstić information content (AvgIpc) is 3.24. The summed E-state index contributed by atoms with van der Waals surface area (Å²) in [7, 11) is 3.39. The maximum Gasteiger partial charge on any atom is 0.256 e. The Bertz CT molecular complexity index is 1060. The molecular formula is C16H15N7O. The van der Waals surface area contributed by atoms with Gasteiger partial charge in [0.1, 0.15) is 17.0 Å². The Kier molecular flexibility index (Phi) is 3.16. The first-order valence-electron chi connectivity index (χ1n) is 7.44. The second-order valence-electron chi connectivity index (χ2n) is 5.25. The number of nitrogens with one attached hydrogen (secondary N) is 3. The minimum atomic E-state index is -0.225. The lowest BCUT2D eigenvalue weighted by molar-refractivity contribution is 0.0964. The summed E-state index contributed by atoms with van der Waals surface area (Å²) >= 11 is 0. The summed E-state index contributed by atoms with van der Waals surface area (Å²) < 4.78 is 1.61. The van der Waals surface area contributed by atoms with E-state index in [0.717, 1.165) is 28.1 Å². The highest BCUT2D eigenvalue weighted by Crippen LogP contribution is 2.29. The van der Waals surface area contributed by atoms with Crippen molar-refractivity contribution in [3.05, 3.63) is 42.4 Å². The van der Waals surface area contributed by atoms with Crippen molar-refractivity contribution in [2.75, 3.05) is 19.4 Å². The molecule has 1 amide bonds. The highest BCUT2D eigenvalue weighted by Gasteiger charge is 2.17. The zero-order valence-corrected chi connectivity index (χ0v) is 13.2. The predicted octanol–water partition coefficient (Wildman–Crippen LogP) is 1.67. The molecule has 4 aromatic rings. The van der Waals surface area contributed by atoms with Gasteiger partial charge in [-0.1, -0.05) is 0 Å². The van der Waals surface area contributed by atoms with Crippen molar-refractivity contribution in [2.24, 2.45) is 0 Å². The normalized spacial score (nSPS) is 11.1. The third-order valence-corrected chi connectivity index (χ3v) is 3.93. The van der Waals surface area contributed by atoms with Gasteiger partial charge in [-0.15, -0.1) is 0 Å². The van der Waals surface area contributed by atoms with E-state index in [1.807, 2.05) is 24.4 Å². The third kappa shape index (κ3) is 2.00. The number of rotatable bonds is 3. The zero-order chi connectivity index (χ0) is 16.7. The molecule has 8 heteroatoms. The number of hydrogen-bond donors (Lipinski definition) is 3. The summed E-state index contributed by atoms with van der Waals surface area (Å²) in [6, 6.07) is 5.75. The van der Waals surface area contributed by atoms with E-state index in [9.17, 15) is 4.79 Å². The van der Waals surface area contributed by atoms with Gasteiger partial charge in [0, 0.05) is 43.5 Å². The van der Waals surface area contributed by atoms with Crippen LogP contribution in [0.2, 0.25) is 0 Å². The van der Waals surface area contributed by atoms with Crippen molar-refractivity contribution in [3.8, 4) is 11.3 Å². The van der Waals surface area contributed by atoms with Crippen LogP contribution < -0.4 is 10.6 Å². The van der Waals surface area contributed by atoms with Gasteiger partial charge in [-0.3, -0.25) is 4.79 Å². The Balaban J connectivity index is 2.00. The quantitative estimate of drug-likeness (QED) is 0.533. The van der Waals surface area contributed by atoms with Gasteiger partial charge < -0.3 is 15.6 Å². The number of anilines is 1. The average molecular weight is 321 g/mol. The van der Waals surface area contributed by atoms with Crippen molar-refractivity contribution in [1.82, 2.24) is 29.9 Å². The maximum atomic E-state index is 12.1. The van der Waals surface area contributed by atoms with Gasteiger partial charge in [0.2, 0.25) is 0 Å². The van der Waals surface area contributed by atoms with E-state index in [-0.39, 0.29) is 5.91 Å². The summed E-state index contributed by atoms with van der Waals surface area (Å²) in [4.78, 5) is 24.2. The summed E-state index contributed by atoms with van der Waals surface area (Å²) in [5, 5.41) is 10.9. The molecule has 0 saturated carbocycles. The van der Waals surface area contributed by atoms with Crippen molar-refractivity contribution in [1.29, 1.82) is 0 Å². The van der Waals surface area contributed by atoms with Gasteiger partial charge in [-0.25, -0.2) is 9.97 Å². The number of pyridine rings is 1. The van der Waals surface area contributed by atoms with Crippen molar-refractivity contribution in [3.63, 3.8) is 0 Å². The number of hydrogen-bond acceptors (Lipinski definition) is 5. The lowest BCUT2D eigenvalue weighted by Crippen LogP contribution is -2.17. The molecule has 4 rings (SSSR count). The van der Waals surface area contributed by atoms with Gasteiger partial charge in [-0.05, 0) is 12.1 Å². The second-order valence-corrected chi connectivity index (χ2v) is 5.25. The summed E-state index contributed by atoms with van der Waals surface area (Å²) in [6.07, 6.45) is 5.12. The van der Waals surface area contributed by atoms with Crippen LogP contribution in [0.5, 0.6) is 0 Å². The van der Waals surface area contributed by atoms with Crippen molar-refractivity contribution < 1.29 is 4.79 Å². The number of H-pyrrole nitrogens is 1. The molecule has 0 radical (unpaired) electrons. The van der Waals surface area contributed by atoms with Crippen molar-refractivity contribution >= 4 is 28.4 Å². The topological polar surface area (TPSA) is 100 Å². The molecule has 0 aromatic carbocycles. The number of aromatic amines is 1. The molecule has 0 aliphatic carbocycles. The fourth-order valence-electron chi connectivity index (χ4n) is 2.74. The lowest BCUT2D eigenvalue weighted by atomic mass is 10.1. The molecule has 0 spiro atoms. The van der Waals surface area contributed by atoms with Gasteiger partial charge in [-0.2, -0.15) is 9.61 Å². The Morgan fingerprint density at radius 2 is 2.21 bits per heavy atom. The van der Waals surface area contributed by atoms with E-state index >= 15 is 0 Å². The first-order chi connectivity index (χ1) is 11.7. The first-order valence-corrected chi connectivity index (χ1v) is 7.44. The molecule has 0 fully saturated rings. The van der Waals surface area contributed by atoms with Gasteiger partial charge in [0.05, 0.1) is 11.9 Å². The van der Waals surface area contributed by atoms with Crippen LogP contribution in [0.25, 0.3) is 27.9 Å². The molecule has 0 saturated heterocycles. The van der Waals surface area contributed by atoms with Crippen LogP contribution in [0.1, 0.15) is 10.4 Å². The predicted molar refractivity (Wildman–Crippen MR) is 91.0 cm³/mol. The van der Waals surface area contributed by atoms with Crippen LogP contribution in [-0.2, 0) is 0 Å². The summed E-state index contributed by atoms with van der Waals surface area (Å²) in [5.74, 6) is 0.515. The second kappa shape index (κ2) is 5.34. The number of nitrogens with zero attached hydrogens (tertiary/aromatic N) is 4. The van der Waals surface area contributed by atoms with Gasteiger partial charge in [0.25, 0.3) is 5.91 Å². The maximum absolute atomic E-state index is 12.1. The molecule has 120 valence electrons. The third-order valence-electron chi connectivity index (χ3n) is 3.93. The highest BCUT2D eigenvalue weighted by atomic mass is 16.1. The zero-order valence-electron chi connectivity index (χ0n) is 13.2. The SMILES string of the molecule is CNC(=O)c1cnn2c(NC)cc(-c3c[nH]c4ncccc34)nc12. The van der Waals surface area contributed by atoms with E-state index in [0.29, 0.717) is 11.2 Å². The van der Waals surface area contributed by atoms with E-state index in [4.69, 9.17) is 0 Å². The van der Waals surface area contributed by atoms with Crippen LogP contribution in [0, 0.1) is 0 Å². The number of carbonyl (C=O) groups is 1. The van der Waals surface area contributed by atoms with E-state index in [1.165, 1.54) is 6.20 Å². The Morgan fingerprint density at radius 3 is 3.00 bits per heavy atom. The molecule has 4 heterocycles. The molecule has 24 heavy (non-hydrogen) atoms. The Hall–Kier alpha value is -3.42. The molecule has 0 aliphatic rings. The molecule has 0 unspecified atom stereocenters. The molecule has 8 nitrogen and oxygen atoms in total. The molecule has 0 bridgehead atoms.